The first kappa shape index (κ1) is 24.4. The van der Waals surface area contributed by atoms with Crippen molar-refractivity contribution in [2.24, 2.45) is 0 Å². The molecule has 0 saturated carbocycles. The van der Waals surface area contributed by atoms with Gasteiger partial charge in [-0.2, -0.15) is 0 Å². The van der Waals surface area contributed by atoms with Crippen LogP contribution in [0.25, 0.3) is 0 Å². The summed E-state index contributed by atoms with van der Waals surface area (Å²) in [5, 5.41) is 0. The zero-order chi connectivity index (χ0) is 25.3. The number of benzene rings is 3. The molecule has 3 aromatic carbocycles. The van der Waals surface area contributed by atoms with Crippen LogP contribution in [0.4, 0.5) is 20.6 Å². The highest BCUT2D eigenvalue weighted by Crippen LogP contribution is 2.35. The molecule has 1 aliphatic carbocycles. The molecule has 0 aliphatic heterocycles. The molecule has 6 nitrogen and oxygen atoms in total. The number of hydrogen-bond acceptors (Lipinski definition) is 5. The van der Waals surface area contributed by atoms with E-state index in [0.29, 0.717) is 17.9 Å². The van der Waals surface area contributed by atoms with Gasteiger partial charge in [0.1, 0.15) is 11.4 Å². The van der Waals surface area contributed by atoms with Gasteiger partial charge in [0.25, 0.3) is 0 Å². The number of amides is 1. The number of aryl methyl sites for hydroxylation is 1. The van der Waals surface area contributed by atoms with Gasteiger partial charge < -0.3 is 25.8 Å². The molecule has 4 rings (SSSR count). The fourth-order valence-corrected chi connectivity index (χ4v) is 4.32. The minimum Gasteiger partial charge on any atom is -0.454 e. The smallest absolute Gasteiger partial charge is 0.410 e. The standard InChI is InChI=1S/C28H32FN3O3/c1-17-13-23(30)25(31)24(29)26(17)34-22-11-9-18(10-12-22)16-32(27(33)35-28(2,3)4)21-14-19-7-5-6-8-20(19)15-21/h5-13,21H,14-16,30-31H2,1-4H3. The van der Waals surface area contributed by atoms with Gasteiger partial charge in [0.15, 0.2) is 11.6 Å². The summed E-state index contributed by atoms with van der Waals surface area (Å²) in [5.41, 5.74) is 14.9. The van der Waals surface area contributed by atoms with Crippen LogP contribution in [-0.2, 0) is 24.1 Å². The fraction of sp³-hybridized carbons (Fsp3) is 0.321. The normalized spacial score (nSPS) is 13.4. The number of hydrogen-bond donors (Lipinski definition) is 2. The van der Waals surface area contributed by atoms with Gasteiger partial charge >= 0.3 is 6.09 Å². The lowest BCUT2D eigenvalue weighted by Gasteiger charge is -2.31. The van der Waals surface area contributed by atoms with Gasteiger partial charge in [0, 0.05) is 12.6 Å². The zero-order valence-corrected chi connectivity index (χ0v) is 20.6. The maximum Gasteiger partial charge on any atom is 0.410 e. The summed E-state index contributed by atoms with van der Waals surface area (Å²) < 4.78 is 26.1. The van der Waals surface area contributed by atoms with Crippen LogP contribution in [0.2, 0.25) is 0 Å². The predicted octanol–water partition coefficient (Wildman–Crippen LogP) is 6.00. The fourth-order valence-electron chi connectivity index (χ4n) is 4.32. The first-order valence-electron chi connectivity index (χ1n) is 11.7. The van der Waals surface area contributed by atoms with E-state index in [2.05, 4.69) is 12.1 Å². The van der Waals surface area contributed by atoms with Gasteiger partial charge in [0.2, 0.25) is 0 Å². The molecule has 0 heterocycles. The summed E-state index contributed by atoms with van der Waals surface area (Å²) in [7, 11) is 0. The summed E-state index contributed by atoms with van der Waals surface area (Å²) in [6.45, 7) is 7.69. The maximum atomic E-state index is 14.6. The maximum absolute atomic E-state index is 14.6. The second-order valence-corrected chi connectivity index (χ2v) is 10.0. The third kappa shape index (κ3) is 5.50. The van der Waals surface area contributed by atoms with Crippen molar-refractivity contribution in [2.45, 2.75) is 58.7 Å². The molecule has 0 radical (unpaired) electrons. The number of anilines is 2. The number of rotatable bonds is 5. The molecule has 0 bridgehead atoms. The van der Waals surface area contributed by atoms with Crippen molar-refractivity contribution in [1.82, 2.24) is 4.90 Å². The van der Waals surface area contributed by atoms with Gasteiger partial charge in [-0.3, -0.25) is 0 Å². The molecule has 0 unspecified atom stereocenters. The minimum atomic E-state index is -0.677. The predicted molar refractivity (Wildman–Crippen MR) is 136 cm³/mol. The summed E-state index contributed by atoms with van der Waals surface area (Å²) in [4.78, 5) is 15.0. The molecule has 1 amide bonds. The van der Waals surface area contributed by atoms with E-state index in [-0.39, 0.29) is 29.3 Å². The van der Waals surface area contributed by atoms with E-state index >= 15 is 0 Å². The van der Waals surface area contributed by atoms with Crippen LogP contribution >= 0.6 is 0 Å². The number of carbonyl (C=O) groups excluding carboxylic acids is 1. The molecule has 184 valence electrons. The molecule has 0 fully saturated rings. The summed E-state index contributed by atoms with van der Waals surface area (Å²) >= 11 is 0. The number of nitrogen functional groups attached to an aromatic ring is 2. The van der Waals surface area contributed by atoms with Gasteiger partial charge in [0.05, 0.1) is 11.4 Å². The topological polar surface area (TPSA) is 90.8 Å². The highest BCUT2D eigenvalue weighted by molar-refractivity contribution is 5.70. The molecular formula is C28H32FN3O3. The summed E-state index contributed by atoms with van der Waals surface area (Å²) in [5.74, 6) is -0.177. The Morgan fingerprint density at radius 2 is 1.66 bits per heavy atom. The Kier molecular flexibility index (Phi) is 6.61. The molecule has 7 heteroatoms. The number of nitrogens with zero attached hydrogens (tertiary/aromatic N) is 1. The monoisotopic (exact) mass is 477 g/mol. The van der Waals surface area contributed by atoms with Gasteiger partial charge in [-0.15, -0.1) is 0 Å². The average molecular weight is 478 g/mol. The van der Waals surface area contributed by atoms with E-state index in [1.807, 2.05) is 45.0 Å². The van der Waals surface area contributed by atoms with E-state index in [1.165, 1.54) is 11.1 Å². The first-order chi connectivity index (χ1) is 16.5. The third-order valence-corrected chi connectivity index (χ3v) is 6.07. The van der Waals surface area contributed by atoms with Crippen molar-refractivity contribution in [2.75, 3.05) is 11.5 Å². The van der Waals surface area contributed by atoms with Crippen LogP contribution in [0.5, 0.6) is 11.5 Å². The Balaban J connectivity index is 1.53. The quantitative estimate of drug-likeness (QED) is 0.440. The van der Waals surface area contributed by atoms with Crippen LogP contribution < -0.4 is 16.2 Å². The minimum absolute atomic E-state index is 0.00711. The average Bonchev–Trinajstić information content (AvgIpc) is 3.22. The molecule has 0 spiro atoms. The lowest BCUT2D eigenvalue weighted by Crippen LogP contribution is -2.43. The number of ether oxygens (including phenoxy) is 2. The van der Waals surface area contributed by atoms with Gasteiger partial charge in [-0.1, -0.05) is 36.4 Å². The summed E-state index contributed by atoms with van der Waals surface area (Å²) in [6.07, 6.45) is 1.23. The van der Waals surface area contributed by atoms with Crippen LogP contribution in [-0.4, -0.2) is 22.6 Å². The molecule has 0 atom stereocenters. The van der Waals surface area contributed by atoms with Crippen LogP contribution in [0.15, 0.2) is 54.6 Å². The molecule has 0 saturated heterocycles. The molecule has 0 aromatic heterocycles. The van der Waals surface area contributed by atoms with Crippen LogP contribution in [0.1, 0.15) is 43.0 Å². The van der Waals surface area contributed by atoms with Crippen molar-refractivity contribution < 1.29 is 18.7 Å². The van der Waals surface area contributed by atoms with Crippen LogP contribution in [0, 0.1) is 12.7 Å². The lowest BCUT2D eigenvalue weighted by molar-refractivity contribution is 0.0148. The number of halogens is 1. The highest BCUT2D eigenvalue weighted by atomic mass is 19.1. The van der Waals surface area contributed by atoms with E-state index in [1.54, 1.807) is 30.0 Å². The molecular weight excluding hydrogens is 445 g/mol. The van der Waals surface area contributed by atoms with Crippen molar-refractivity contribution in [3.63, 3.8) is 0 Å². The van der Waals surface area contributed by atoms with E-state index < -0.39 is 11.4 Å². The number of nitrogens with two attached hydrogens (primary N) is 2. The Morgan fingerprint density at radius 1 is 1.06 bits per heavy atom. The van der Waals surface area contributed by atoms with E-state index in [0.717, 1.165) is 18.4 Å². The van der Waals surface area contributed by atoms with Crippen molar-refractivity contribution in [1.29, 1.82) is 0 Å². The second kappa shape index (κ2) is 9.49. The van der Waals surface area contributed by atoms with E-state index in [9.17, 15) is 9.18 Å². The van der Waals surface area contributed by atoms with Crippen molar-refractivity contribution in [3.8, 4) is 11.5 Å². The van der Waals surface area contributed by atoms with Crippen LogP contribution in [0.3, 0.4) is 0 Å². The highest BCUT2D eigenvalue weighted by Gasteiger charge is 2.32. The molecule has 4 N–H and O–H groups in total. The van der Waals surface area contributed by atoms with Gasteiger partial charge in [-0.05, 0) is 81.0 Å². The Labute approximate surface area is 205 Å². The van der Waals surface area contributed by atoms with E-state index in [4.69, 9.17) is 20.9 Å². The second-order valence-electron chi connectivity index (χ2n) is 10.0. The largest absolute Gasteiger partial charge is 0.454 e. The Morgan fingerprint density at radius 3 is 2.23 bits per heavy atom. The molecule has 3 aromatic rings. The van der Waals surface area contributed by atoms with Crippen molar-refractivity contribution in [3.05, 3.63) is 82.7 Å². The van der Waals surface area contributed by atoms with Crippen molar-refractivity contribution >= 4 is 17.5 Å². The number of carbonyl (C=O) groups is 1. The summed E-state index contributed by atoms with van der Waals surface area (Å²) in [6, 6.07) is 17.1. The zero-order valence-electron chi connectivity index (χ0n) is 20.6. The molecule has 1 aliphatic rings. The van der Waals surface area contributed by atoms with Gasteiger partial charge in [-0.25, -0.2) is 9.18 Å². The Bertz CT molecular complexity index is 1210. The first-order valence-corrected chi connectivity index (χ1v) is 11.7. The third-order valence-electron chi connectivity index (χ3n) is 6.07. The SMILES string of the molecule is Cc1cc(N)c(N)c(F)c1Oc1ccc(CN(C(=O)OC(C)(C)C)C2Cc3ccccc3C2)cc1. The Hall–Kier alpha value is -3.74. The molecule has 35 heavy (non-hydrogen) atoms. The lowest BCUT2D eigenvalue weighted by atomic mass is 10.1. The number of fused-ring (bicyclic) bond motifs is 1.